The Morgan fingerprint density at radius 1 is 1.56 bits per heavy atom. The maximum absolute atomic E-state index is 5.60. The van der Waals surface area contributed by atoms with Crippen molar-refractivity contribution in [1.82, 2.24) is 20.0 Å². The summed E-state index contributed by atoms with van der Waals surface area (Å²) in [4.78, 5) is 8.78. The van der Waals surface area contributed by atoms with Crippen molar-refractivity contribution in [3.05, 3.63) is 34.3 Å². The van der Waals surface area contributed by atoms with E-state index in [2.05, 4.69) is 20.8 Å². The SMILES string of the molecule is Cc1csc(CC(CCc2nccn2C)NN)n1. The van der Waals surface area contributed by atoms with Gasteiger partial charge in [0.25, 0.3) is 0 Å². The molecule has 0 aliphatic heterocycles. The lowest BCUT2D eigenvalue weighted by Crippen LogP contribution is -2.37. The standard InChI is InChI=1S/C12H19N5S/c1-9-8-18-12(15-9)7-10(16-13)3-4-11-14-5-6-17(11)2/h5-6,8,10,16H,3-4,7,13H2,1-2H3. The molecule has 18 heavy (non-hydrogen) atoms. The van der Waals surface area contributed by atoms with E-state index in [0.717, 1.165) is 35.8 Å². The number of imidazole rings is 1. The van der Waals surface area contributed by atoms with Crippen molar-refractivity contribution >= 4 is 11.3 Å². The van der Waals surface area contributed by atoms with E-state index in [4.69, 9.17) is 5.84 Å². The van der Waals surface area contributed by atoms with Crippen molar-refractivity contribution in [3.63, 3.8) is 0 Å². The van der Waals surface area contributed by atoms with Gasteiger partial charge in [0.15, 0.2) is 0 Å². The fraction of sp³-hybridized carbons (Fsp3) is 0.500. The number of thiazole rings is 1. The van der Waals surface area contributed by atoms with Gasteiger partial charge < -0.3 is 4.57 Å². The summed E-state index contributed by atoms with van der Waals surface area (Å²) in [7, 11) is 2.01. The van der Waals surface area contributed by atoms with Crippen molar-refractivity contribution in [2.24, 2.45) is 12.9 Å². The van der Waals surface area contributed by atoms with E-state index in [9.17, 15) is 0 Å². The molecule has 2 rings (SSSR count). The molecule has 0 saturated heterocycles. The van der Waals surface area contributed by atoms with Crippen LogP contribution in [0.1, 0.15) is 22.9 Å². The average molecular weight is 265 g/mol. The van der Waals surface area contributed by atoms with Crippen molar-refractivity contribution < 1.29 is 0 Å². The molecule has 2 aromatic heterocycles. The Labute approximate surface area is 111 Å². The molecule has 6 heteroatoms. The fourth-order valence-corrected chi connectivity index (χ4v) is 2.75. The zero-order chi connectivity index (χ0) is 13.0. The van der Waals surface area contributed by atoms with E-state index in [-0.39, 0.29) is 6.04 Å². The molecule has 0 bridgehead atoms. The lowest BCUT2D eigenvalue weighted by atomic mass is 10.1. The smallest absolute Gasteiger partial charge is 0.108 e. The quantitative estimate of drug-likeness (QED) is 0.608. The van der Waals surface area contributed by atoms with Crippen LogP contribution in [0.15, 0.2) is 17.8 Å². The number of hydrazine groups is 1. The first kappa shape index (κ1) is 13.2. The predicted molar refractivity (Wildman–Crippen MR) is 73.2 cm³/mol. The van der Waals surface area contributed by atoms with Crippen LogP contribution in [0.25, 0.3) is 0 Å². The van der Waals surface area contributed by atoms with Crippen molar-refractivity contribution in [2.45, 2.75) is 32.2 Å². The maximum atomic E-state index is 5.60. The summed E-state index contributed by atoms with van der Waals surface area (Å²) >= 11 is 1.69. The molecule has 0 aliphatic carbocycles. The lowest BCUT2D eigenvalue weighted by molar-refractivity contribution is 0.482. The number of aryl methyl sites for hydroxylation is 3. The van der Waals surface area contributed by atoms with Gasteiger partial charge in [-0.2, -0.15) is 0 Å². The molecule has 3 N–H and O–H groups in total. The number of nitrogens with two attached hydrogens (primary N) is 1. The molecular weight excluding hydrogens is 246 g/mol. The largest absolute Gasteiger partial charge is 0.338 e. The van der Waals surface area contributed by atoms with Gasteiger partial charge in [-0.05, 0) is 13.3 Å². The highest BCUT2D eigenvalue weighted by molar-refractivity contribution is 7.09. The zero-order valence-corrected chi connectivity index (χ0v) is 11.6. The number of hydrogen-bond donors (Lipinski definition) is 2. The van der Waals surface area contributed by atoms with Crippen LogP contribution in [0.2, 0.25) is 0 Å². The topological polar surface area (TPSA) is 68.8 Å². The molecule has 0 saturated carbocycles. The monoisotopic (exact) mass is 265 g/mol. The number of nitrogens with zero attached hydrogens (tertiary/aromatic N) is 3. The second kappa shape index (κ2) is 6.08. The van der Waals surface area contributed by atoms with Gasteiger partial charge in [-0.3, -0.25) is 11.3 Å². The van der Waals surface area contributed by atoms with E-state index in [1.807, 2.05) is 30.9 Å². The molecule has 0 aromatic carbocycles. The minimum Gasteiger partial charge on any atom is -0.338 e. The van der Waals surface area contributed by atoms with Gasteiger partial charge in [0.05, 0.1) is 5.01 Å². The number of hydrogen-bond acceptors (Lipinski definition) is 5. The molecule has 1 unspecified atom stereocenters. The Hall–Kier alpha value is -1.24. The van der Waals surface area contributed by atoms with Gasteiger partial charge in [-0.25, -0.2) is 9.97 Å². The van der Waals surface area contributed by atoms with Crippen LogP contribution in [0.3, 0.4) is 0 Å². The predicted octanol–water partition coefficient (Wildman–Crippen LogP) is 1.19. The van der Waals surface area contributed by atoms with Crippen LogP contribution in [0.5, 0.6) is 0 Å². The highest BCUT2D eigenvalue weighted by Gasteiger charge is 2.11. The molecule has 98 valence electrons. The minimum absolute atomic E-state index is 0.243. The Bertz CT molecular complexity index is 490. The summed E-state index contributed by atoms with van der Waals surface area (Å²) < 4.78 is 2.04. The van der Waals surface area contributed by atoms with Crippen LogP contribution in [-0.2, 0) is 19.9 Å². The van der Waals surface area contributed by atoms with Gasteiger partial charge in [0.2, 0.25) is 0 Å². The highest BCUT2D eigenvalue weighted by atomic mass is 32.1. The Kier molecular flexibility index (Phi) is 4.46. The molecule has 0 fully saturated rings. The lowest BCUT2D eigenvalue weighted by Gasteiger charge is -2.14. The Morgan fingerprint density at radius 2 is 2.39 bits per heavy atom. The van der Waals surface area contributed by atoms with Crippen LogP contribution >= 0.6 is 11.3 Å². The second-order valence-electron chi connectivity index (χ2n) is 4.44. The summed E-state index contributed by atoms with van der Waals surface area (Å²) in [5, 5.41) is 3.21. The van der Waals surface area contributed by atoms with Crippen molar-refractivity contribution in [3.8, 4) is 0 Å². The fourth-order valence-electron chi connectivity index (χ4n) is 1.89. The average Bonchev–Trinajstić information content (AvgIpc) is 2.94. The molecule has 0 spiro atoms. The Morgan fingerprint density at radius 3 is 2.94 bits per heavy atom. The first-order valence-corrected chi connectivity index (χ1v) is 6.90. The summed E-state index contributed by atoms with van der Waals surface area (Å²) in [5.41, 5.74) is 3.95. The van der Waals surface area contributed by atoms with Crippen LogP contribution in [-0.4, -0.2) is 20.6 Å². The normalized spacial score (nSPS) is 12.8. The Balaban J connectivity index is 1.88. The summed E-state index contributed by atoms with van der Waals surface area (Å²) in [6.07, 6.45) is 6.54. The molecule has 0 aliphatic rings. The van der Waals surface area contributed by atoms with E-state index in [0.29, 0.717) is 0 Å². The first-order valence-electron chi connectivity index (χ1n) is 6.02. The first-order chi connectivity index (χ1) is 8.69. The van der Waals surface area contributed by atoms with E-state index >= 15 is 0 Å². The van der Waals surface area contributed by atoms with E-state index in [1.165, 1.54) is 0 Å². The van der Waals surface area contributed by atoms with Crippen LogP contribution < -0.4 is 11.3 Å². The summed E-state index contributed by atoms with van der Waals surface area (Å²) in [6, 6.07) is 0.243. The van der Waals surface area contributed by atoms with Gasteiger partial charge in [0, 0.05) is 49.4 Å². The van der Waals surface area contributed by atoms with Crippen LogP contribution in [0, 0.1) is 6.92 Å². The third-order valence-corrected chi connectivity index (χ3v) is 3.95. The van der Waals surface area contributed by atoms with Gasteiger partial charge in [0.1, 0.15) is 5.82 Å². The summed E-state index contributed by atoms with van der Waals surface area (Å²) in [5.74, 6) is 6.69. The van der Waals surface area contributed by atoms with Gasteiger partial charge in [-0.1, -0.05) is 0 Å². The third kappa shape index (κ3) is 3.38. The maximum Gasteiger partial charge on any atom is 0.108 e. The molecular formula is C12H19N5S. The van der Waals surface area contributed by atoms with Crippen molar-refractivity contribution in [1.29, 1.82) is 0 Å². The minimum atomic E-state index is 0.243. The number of nitrogens with one attached hydrogen (secondary N) is 1. The van der Waals surface area contributed by atoms with Gasteiger partial charge >= 0.3 is 0 Å². The molecule has 1 atom stereocenters. The molecule has 2 aromatic rings. The molecule has 0 amide bonds. The number of rotatable bonds is 6. The summed E-state index contributed by atoms with van der Waals surface area (Å²) in [6.45, 7) is 2.01. The molecule has 5 nitrogen and oxygen atoms in total. The highest BCUT2D eigenvalue weighted by Crippen LogP contribution is 2.13. The number of aromatic nitrogens is 3. The van der Waals surface area contributed by atoms with Gasteiger partial charge in [-0.15, -0.1) is 11.3 Å². The van der Waals surface area contributed by atoms with Crippen molar-refractivity contribution in [2.75, 3.05) is 0 Å². The van der Waals surface area contributed by atoms with E-state index in [1.54, 1.807) is 11.3 Å². The van der Waals surface area contributed by atoms with Crippen LogP contribution in [0.4, 0.5) is 0 Å². The van der Waals surface area contributed by atoms with E-state index < -0.39 is 0 Å². The second-order valence-corrected chi connectivity index (χ2v) is 5.39. The zero-order valence-electron chi connectivity index (χ0n) is 10.8. The molecule has 0 radical (unpaired) electrons. The molecule has 2 heterocycles. The third-order valence-electron chi connectivity index (χ3n) is 2.96.